The predicted octanol–water partition coefficient (Wildman–Crippen LogP) is 1.86. The van der Waals surface area contributed by atoms with Gasteiger partial charge in [0, 0.05) is 0 Å². The molecule has 0 spiro atoms. The summed E-state index contributed by atoms with van der Waals surface area (Å²) in [6.07, 6.45) is 0. The summed E-state index contributed by atoms with van der Waals surface area (Å²) in [5, 5.41) is 0. The predicted molar refractivity (Wildman–Crippen MR) is 25.7 cm³/mol. The van der Waals surface area contributed by atoms with Crippen molar-refractivity contribution < 1.29 is 4.52 Å². The molecule has 0 bridgehead atoms. The Hall–Kier alpha value is 0.560. The van der Waals surface area contributed by atoms with Crippen molar-refractivity contribution in [3.63, 3.8) is 0 Å². The highest BCUT2D eigenvalue weighted by molar-refractivity contribution is 8.08. The van der Waals surface area contributed by atoms with Crippen molar-refractivity contribution in [3.8, 4) is 0 Å². The minimum atomic E-state index is 0.124. The van der Waals surface area contributed by atoms with E-state index >= 15 is 0 Å². The van der Waals surface area contributed by atoms with Gasteiger partial charge in [-0.1, -0.05) is 0 Å². The summed E-state index contributed by atoms with van der Waals surface area (Å²) >= 11 is 0. The van der Waals surface area contributed by atoms with Crippen molar-refractivity contribution in [2.24, 2.45) is 0 Å². The molecule has 0 radical (unpaired) electrons. The Morgan fingerprint density at radius 3 is 2.60 bits per heavy atom. The molecule has 1 atom stereocenters. The highest BCUT2D eigenvalue weighted by Crippen LogP contribution is 2.54. The van der Waals surface area contributed by atoms with Crippen LogP contribution in [0.3, 0.4) is 0 Å². The lowest BCUT2D eigenvalue weighted by Gasteiger charge is -1.56. The Morgan fingerprint density at radius 2 is 2.60 bits per heavy atom. The first-order valence-corrected chi connectivity index (χ1v) is 4.65. The molecule has 1 nitrogen and oxygen atoms in total. The minimum Gasteiger partial charge on any atom is -0.179 e. The summed E-state index contributed by atoms with van der Waals surface area (Å²) in [7, 11) is 3.45. The normalized spacial score (nSPS) is 28.6. The fourth-order valence-corrected chi connectivity index (χ4v) is 1.74. The summed E-state index contributed by atoms with van der Waals surface area (Å²) in [5.41, 5.74) is 0. The molecule has 0 aliphatic carbocycles. The van der Waals surface area contributed by atoms with Crippen LogP contribution in [0.1, 0.15) is 0 Å². The first-order chi connectivity index (χ1) is 2.43. The largest absolute Gasteiger partial charge is 0.291 e. The van der Waals surface area contributed by atoms with Crippen LogP contribution in [0.25, 0.3) is 0 Å². The third-order valence-corrected chi connectivity index (χ3v) is 3.43. The van der Waals surface area contributed by atoms with Gasteiger partial charge in [0.2, 0.25) is 13.8 Å². The molecule has 0 aromatic carbocycles. The van der Waals surface area contributed by atoms with Crippen LogP contribution in [-0.4, -0.2) is 13.0 Å². The standard InChI is InChI=1S/C2H5OP2/c1-3-5-2-4-5/h2H2,1H3/q+1. The van der Waals surface area contributed by atoms with Gasteiger partial charge in [0.05, 0.1) is 7.11 Å². The van der Waals surface area contributed by atoms with Gasteiger partial charge in [0.1, 0.15) is 0 Å². The van der Waals surface area contributed by atoms with Crippen LogP contribution < -0.4 is 0 Å². The summed E-state index contributed by atoms with van der Waals surface area (Å²) in [6.45, 7) is 0. The SMILES string of the molecule is CO[P+]1=PC1. The Morgan fingerprint density at radius 1 is 2.00 bits per heavy atom. The van der Waals surface area contributed by atoms with Gasteiger partial charge in [-0.25, -0.2) is 0 Å². The van der Waals surface area contributed by atoms with E-state index in [0.717, 1.165) is 0 Å². The maximum Gasteiger partial charge on any atom is 0.291 e. The second-order valence-corrected chi connectivity index (χ2v) is 5.49. The van der Waals surface area contributed by atoms with E-state index in [-0.39, 0.29) is 7.44 Å². The fraction of sp³-hybridized carbons (Fsp3) is 1.00. The molecule has 1 aliphatic rings. The average molecular weight is 107 g/mol. The van der Waals surface area contributed by atoms with Gasteiger partial charge >= 0.3 is 0 Å². The van der Waals surface area contributed by atoms with Crippen molar-refractivity contribution >= 4 is 15.3 Å². The molecule has 28 valence electrons. The molecule has 0 amide bonds. The van der Waals surface area contributed by atoms with Crippen LogP contribution in [-0.2, 0) is 4.52 Å². The van der Waals surface area contributed by atoms with Crippen molar-refractivity contribution in [2.45, 2.75) is 0 Å². The van der Waals surface area contributed by atoms with Gasteiger partial charge in [-0.3, -0.25) is 0 Å². The van der Waals surface area contributed by atoms with Crippen molar-refractivity contribution in [1.29, 1.82) is 0 Å². The topological polar surface area (TPSA) is 9.23 Å². The minimum absolute atomic E-state index is 0.124. The molecule has 1 unspecified atom stereocenters. The molecule has 1 rings (SSSR count). The summed E-state index contributed by atoms with van der Waals surface area (Å²) < 4.78 is 4.91. The zero-order valence-electron chi connectivity index (χ0n) is 3.01. The molecule has 0 N–H and O–H groups in total. The smallest absolute Gasteiger partial charge is 0.179 e. The number of hydrogen-bond donors (Lipinski definition) is 0. The first-order valence-electron chi connectivity index (χ1n) is 1.42. The number of hydrogen-bond acceptors (Lipinski definition) is 1. The van der Waals surface area contributed by atoms with Gasteiger partial charge in [0.25, 0.3) is 7.44 Å². The molecule has 0 aromatic heterocycles. The third kappa shape index (κ3) is 0.967. The van der Waals surface area contributed by atoms with Crippen molar-refractivity contribution in [1.82, 2.24) is 0 Å². The third-order valence-electron chi connectivity index (χ3n) is 0.468. The van der Waals surface area contributed by atoms with E-state index in [1.54, 1.807) is 7.11 Å². The Labute approximate surface area is 33.8 Å². The summed E-state index contributed by atoms with van der Waals surface area (Å²) in [5.74, 6) is 1.33. The molecule has 0 saturated carbocycles. The lowest BCUT2D eigenvalue weighted by atomic mass is 11.8. The van der Waals surface area contributed by atoms with E-state index in [1.165, 1.54) is 13.8 Å². The molecule has 1 heterocycles. The van der Waals surface area contributed by atoms with Crippen molar-refractivity contribution in [2.75, 3.05) is 13.0 Å². The average Bonchev–Trinajstić information content (AvgIpc) is 2.12. The van der Waals surface area contributed by atoms with Crippen LogP contribution in [0.5, 0.6) is 0 Å². The Kier molecular flexibility index (Phi) is 1.00. The molecule has 0 saturated heterocycles. The van der Waals surface area contributed by atoms with Crippen LogP contribution >= 0.6 is 15.3 Å². The Bertz CT molecular complexity index is 68.0. The lowest BCUT2D eigenvalue weighted by Crippen LogP contribution is -1.49. The summed E-state index contributed by atoms with van der Waals surface area (Å²) in [6, 6.07) is 0. The fourth-order valence-electron chi connectivity index (χ4n) is 0.141. The maximum atomic E-state index is 4.91. The van der Waals surface area contributed by atoms with E-state index in [9.17, 15) is 0 Å². The molecular formula is C2H5OP2+. The van der Waals surface area contributed by atoms with E-state index < -0.39 is 0 Å². The van der Waals surface area contributed by atoms with Crippen LogP contribution in [0.2, 0.25) is 0 Å². The number of rotatable bonds is 1. The maximum absolute atomic E-state index is 4.91. The van der Waals surface area contributed by atoms with E-state index in [0.29, 0.717) is 0 Å². The first kappa shape index (κ1) is 3.74. The van der Waals surface area contributed by atoms with Gasteiger partial charge in [-0.15, -0.1) is 0 Å². The highest BCUT2D eigenvalue weighted by atomic mass is 31.8. The van der Waals surface area contributed by atoms with E-state index in [4.69, 9.17) is 4.52 Å². The van der Waals surface area contributed by atoms with Gasteiger partial charge in [0.15, 0.2) is 0 Å². The molecular weight excluding hydrogens is 102 g/mol. The van der Waals surface area contributed by atoms with Gasteiger partial charge in [-0.2, -0.15) is 4.52 Å². The van der Waals surface area contributed by atoms with Crippen LogP contribution in [0.15, 0.2) is 0 Å². The molecule has 0 aromatic rings. The molecule has 0 fully saturated rings. The molecule has 3 heteroatoms. The van der Waals surface area contributed by atoms with Gasteiger partial charge < -0.3 is 0 Å². The zero-order chi connectivity index (χ0) is 3.70. The molecule has 1 aliphatic heterocycles. The second-order valence-electron chi connectivity index (χ2n) is 0.818. The molecule has 5 heavy (non-hydrogen) atoms. The van der Waals surface area contributed by atoms with E-state index in [2.05, 4.69) is 0 Å². The van der Waals surface area contributed by atoms with Gasteiger partial charge in [-0.05, 0) is 0 Å². The quantitative estimate of drug-likeness (QED) is 0.464. The zero-order valence-corrected chi connectivity index (χ0v) is 4.80. The van der Waals surface area contributed by atoms with Crippen LogP contribution in [0.4, 0.5) is 0 Å². The lowest BCUT2D eigenvalue weighted by molar-refractivity contribution is 0.479. The Balaban J connectivity index is 2.22. The van der Waals surface area contributed by atoms with Crippen molar-refractivity contribution in [3.05, 3.63) is 0 Å². The summed E-state index contributed by atoms with van der Waals surface area (Å²) in [4.78, 5) is 0. The van der Waals surface area contributed by atoms with E-state index in [1.807, 2.05) is 0 Å². The highest BCUT2D eigenvalue weighted by Gasteiger charge is 2.24. The van der Waals surface area contributed by atoms with Crippen LogP contribution in [0, 0.1) is 0 Å². The monoisotopic (exact) mass is 107 g/mol. The second kappa shape index (κ2) is 1.34.